The molecule has 0 spiro atoms. The Labute approximate surface area is 102 Å². The summed E-state index contributed by atoms with van der Waals surface area (Å²) in [5.41, 5.74) is 3.97. The van der Waals surface area contributed by atoms with Crippen LogP contribution >= 0.6 is 11.8 Å². The van der Waals surface area contributed by atoms with Gasteiger partial charge in [0, 0.05) is 9.79 Å². The molecule has 0 saturated heterocycles. The van der Waals surface area contributed by atoms with E-state index in [-0.39, 0.29) is 0 Å². The minimum absolute atomic E-state index is 1.30. The van der Waals surface area contributed by atoms with E-state index in [4.69, 9.17) is 0 Å². The van der Waals surface area contributed by atoms with Crippen LogP contribution in [-0.4, -0.2) is 0 Å². The highest BCUT2D eigenvalue weighted by atomic mass is 32.2. The first-order valence-electron chi connectivity index (χ1n) is 5.46. The summed E-state index contributed by atoms with van der Waals surface area (Å²) < 4.78 is 0. The maximum atomic E-state index is 2.23. The van der Waals surface area contributed by atoms with Crippen molar-refractivity contribution >= 4 is 11.8 Å². The van der Waals surface area contributed by atoms with Crippen molar-refractivity contribution in [3.05, 3.63) is 59.2 Å². The maximum absolute atomic E-state index is 2.23. The molecule has 0 amide bonds. The molecule has 2 rings (SSSR count). The van der Waals surface area contributed by atoms with Crippen LogP contribution in [0, 0.1) is 20.8 Å². The molecule has 2 aromatic carbocycles. The normalized spacial score (nSPS) is 10.4. The summed E-state index contributed by atoms with van der Waals surface area (Å²) >= 11 is 1.82. The lowest BCUT2D eigenvalue weighted by molar-refractivity contribution is 1.28. The smallest absolute Gasteiger partial charge is 0.0127 e. The van der Waals surface area contributed by atoms with Crippen LogP contribution < -0.4 is 0 Å². The highest BCUT2D eigenvalue weighted by Gasteiger charge is 1.99. The van der Waals surface area contributed by atoms with Gasteiger partial charge >= 0.3 is 0 Å². The Morgan fingerprint density at radius 2 is 1.19 bits per heavy atom. The molecular formula is C15H16S. The van der Waals surface area contributed by atoms with Gasteiger partial charge in [-0.25, -0.2) is 0 Å². The quantitative estimate of drug-likeness (QED) is 0.714. The van der Waals surface area contributed by atoms with E-state index in [1.165, 1.54) is 26.5 Å². The minimum atomic E-state index is 1.30. The minimum Gasteiger partial charge on any atom is -0.0901 e. The third kappa shape index (κ3) is 2.89. The van der Waals surface area contributed by atoms with E-state index in [1.54, 1.807) is 0 Å². The van der Waals surface area contributed by atoms with Crippen LogP contribution in [0.2, 0.25) is 0 Å². The second-order valence-corrected chi connectivity index (χ2v) is 5.39. The van der Waals surface area contributed by atoms with Gasteiger partial charge in [-0.1, -0.05) is 35.5 Å². The predicted octanol–water partition coefficient (Wildman–Crippen LogP) is 4.76. The first-order chi connectivity index (χ1) is 7.63. The number of rotatable bonds is 2. The van der Waals surface area contributed by atoms with Crippen LogP contribution in [-0.2, 0) is 0 Å². The lowest BCUT2D eigenvalue weighted by atomic mass is 10.2. The lowest BCUT2D eigenvalue weighted by Gasteiger charge is -2.05. The molecule has 0 aromatic heterocycles. The fourth-order valence-corrected chi connectivity index (χ4v) is 2.77. The second-order valence-electron chi connectivity index (χ2n) is 4.24. The molecule has 0 nitrogen and oxygen atoms in total. The number of aryl methyl sites for hydroxylation is 3. The molecule has 1 heteroatoms. The highest BCUT2D eigenvalue weighted by molar-refractivity contribution is 7.99. The van der Waals surface area contributed by atoms with Crippen LogP contribution in [0.3, 0.4) is 0 Å². The zero-order valence-corrected chi connectivity index (χ0v) is 10.8. The predicted molar refractivity (Wildman–Crippen MR) is 71.2 cm³/mol. The van der Waals surface area contributed by atoms with Crippen LogP contribution in [0.25, 0.3) is 0 Å². The van der Waals surface area contributed by atoms with Gasteiger partial charge in [-0.05, 0) is 56.2 Å². The zero-order chi connectivity index (χ0) is 11.5. The highest BCUT2D eigenvalue weighted by Crippen LogP contribution is 2.29. The van der Waals surface area contributed by atoms with Gasteiger partial charge in [0.05, 0.1) is 0 Å². The van der Waals surface area contributed by atoms with Crippen molar-refractivity contribution < 1.29 is 0 Å². The van der Waals surface area contributed by atoms with Crippen molar-refractivity contribution in [2.45, 2.75) is 30.6 Å². The Kier molecular flexibility index (Phi) is 3.35. The first-order valence-corrected chi connectivity index (χ1v) is 6.28. The molecule has 0 radical (unpaired) electrons. The average Bonchev–Trinajstić information content (AvgIpc) is 2.20. The van der Waals surface area contributed by atoms with Crippen molar-refractivity contribution in [2.24, 2.45) is 0 Å². The van der Waals surface area contributed by atoms with E-state index in [0.29, 0.717) is 0 Å². The largest absolute Gasteiger partial charge is 0.0901 e. The van der Waals surface area contributed by atoms with Gasteiger partial charge in [-0.2, -0.15) is 0 Å². The summed E-state index contributed by atoms with van der Waals surface area (Å²) in [6.07, 6.45) is 0. The van der Waals surface area contributed by atoms with Gasteiger partial charge in [0.1, 0.15) is 0 Å². The Hall–Kier alpha value is -1.21. The summed E-state index contributed by atoms with van der Waals surface area (Å²) in [6, 6.07) is 15.3. The number of hydrogen-bond donors (Lipinski definition) is 0. The number of benzene rings is 2. The lowest BCUT2D eigenvalue weighted by Crippen LogP contribution is -1.80. The molecule has 0 heterocycles. The topological polar surface area (TPSA) is 0 Å². The fraction of sp³-hybridized carbons (Fsp3) is 0.200. The van der Waals surface area contributed by atoms with Crippen molar-refractivity contribution in [1.82, 2.24) is 0 Å². The van der Waals surface area contributed by atoms with Gasteiger partial charge in [0.25, 0.3) is 0 Å². The van der Waals surface area contributed by atoms with Crippen LogP contribution in [0.15, 0.2) is 52.3 Å². The molecule has 0 bridgehead atoms. The van der Waals surface area contributed by atoms with Gasteiger partial charge < -0.3 is 0 Å². The van der Waals surface area contributed by atoms with E-state index >= 15 is 0 Å². The third-order valence-electron chi connectivity index (χ3n) is 2.45. The molecule has 0 aliphatic rings. The van der Waals surface area contributed by atoms with Gasteiger partial charge in [0.15, 0.2) is 0 Å². The number of hydrogen-bond acceptors (Lipinski definition) is 1. The van der Waals surface area contributed by atoms with Gasteiger partial charge in [-0.15, -0.1) is 0 Å². The molecule has 16 heavy (non-hydrogen) atoms. The van der Waals surface area contributed by atoms with Crippen molar-refractivity contribution in [2.75, 3.05) is 0 Å². The average molecular weight is 228 g/mol. The van der Waals surface area contributed by atoms with E-state index in [1.807, 2.05) is 11.8 Å². The molecule has 0 fully saturated rings. The second kappa shape index (κ2) is 4.75. The Morgan fingerprint density at radius 1 is 0.625 bits per heavy atom. The molecular weight excluding hydrogens is 212 g/mol. The Bertz CT molecular complexity index is 463. The molecule has 0 aliphatic heterocycles. The van der Waals surface area contributed by atoms with E-state index in [2.05, 4.69) is 63.2 Å². The first kappa shape index (κ1) is 11.3. The Balaban J connectivity index is 2.23. The van der Waals surface area contributed by atoms with E-state index in [0.717, 1.165) is 0 Å². The monoisotopic (exact) mass is 228 g/mol. The molecule has 0 atom stereocenters. The Morgan fingerprint density at radius 3 is 1.75 bits per heavy atom. The van der Waals surface area contributed by atoms with Crippen LogP contribution in [0.1, 0.15) is 16.7 Å². The van der Waals surface area contributed by atoms with Crippen LogP contribution in [0.4, 0.5) is 0 Å². The van der Waals surface area contributed by atoms with Gasteiger partial charge in [0.2, 0.25) is 0 Å². The fourth-order valence-electron chi connectivity index (χ4n) is 1.73. The molecule has 0 aliphatic carbocycles. The van der Waals surface area contributed by atoms with Crippen molar-refractivity contribution in [3.63, 3.8) is 0 Å². The molecule has 2 aromatic rings. The zero-order valence-electron chi connectivity index (χ0n) is 9.95. The summed E-state index contributed by atoms with van der Waals surface area (Å²) in [7, 11) is 0. The molecule has 82 valence electrons. The summed E-state index contributed by atoms with van der Waals surface area (Å²) in [6.45, 7) is 6.41. The summed E-state index contributed by atoms with van der Waals surface area (Å²) in [4.78, 5) is 2.62. The van der Waals surface area contributed by atoms with Gasteiger partial charge in [-0.3, -0.25) is 0 Å². The van der Waals surface area contributed by atoms with E-state index in [9.17, 15) is 0 Å². The standard InChI is InChI=1S/C15H16S/c1-11-4-6-14(7-5-11)16-15-9-12(2)8-13(3)10-15/h4-10H,1-3H3. The molecule has 0 saturated carbocycles. The summed E-state index contributed by atoms with van der Waals surface area (Å²) in [5, 5.41) is 0. The third-order valence-corrected chi connectivity index (χ3v) is 3.43. The van der Waals surface area contributed by atoms with Crippen molar-refractivity contribution in [1.29, 1.82) is 0 Å². The molecule has 0 unspecified atom stereocenters. The van der Waals surface area contributed by atoms with Crippen molar-refractivity contribution in [3.8, 4) is 0 Å². The SMILES string of the molecule is Cc1ccc(Sc2cc(C)cc(C)c2)cc1. The maximum Gasteiger partial charge on any atom is 0.0127 e. The summed E-state index contributed by atoms with van der Waals surface area (Å²) in [5.74, 6) is 0. The molecule has 0 N–H and O–H groups in total. The van der Waals surface area contributed by atoms with E-state index < -0.39 is 0 Å². The van der Waals surface area contributed by atoms with Crippen LogP contribution in [0.5, 0.6) is 0 Å².